The largest absolute Gasteiger partial charge is 0.454 e. The minimum Gasteiger partial charge on any atom is -0.454 e. The van der Waals surface area contributed by atoms with Gasteiger partial charge in [-0.15, -0.1) is 21.5 Å². The predicted molar refractivity (Wildman–Crippen MR) is 101 cm³/mol. The fourth-order valence-electron chi connectivity index (χ4n) is 2.53. The van der Waals surface area contributed by atoms with Gasteiger partial charge < -0.3 is 13.9 Å². The highest BCUT2D eigenvalue weighted by molar-refractivity contribution is 7.98. The summed E-state index contributed by atoms with van der Waals surface area (Å²) >= 11 is 2.85. The van der Waals surface area contributed by atoms with Crippen molar-refractivity contribution < 1.29 is 18.7 Å². The monoisotopic (exact) mass is 404 g/mol. The Morgan fingerprint density at radius 3 is 2.96 bits per heavy atom. The Kier molecular flexibility index (Phi) is 4.99. The number of benzene rings is 1. The zero-order chi connectivity index (χ0) is 18.8. The molecule has 0 radical (unpaired) electrons. The lowest BCUT2D eigenvalue weighted by molar-refractivity contribution is -0.116. The number of hydrogen-bond donors (Lipinski definition) is 0. The summed E-state index contributed by atoms with van der Waals surface area (Å²) in [6, 6.07) is 5.49. The van der Waals surface area contributed by atoms with E-state index >= 15 is 0 Å². The molecule has 1 amide bonds. The van der Waals surface area contributed by atoms with Crippen LogP contribution in [0.15, 0.2) is 33.2 Å². The number of aromatic nitrogens is 3. The first-order chi connectivity index (χ1) is 13.1. The molecule has 1 aromatic carbocycles. The van der Waals surface area contributed by atoms with Gasteiger partial charge in [0.1, 0.15) is 0 Å². The number of nitrogens with zero attached hydrogens (tertiary/aromatic N) is 4. The maximum absolute atomic E-state index is 11.6. The molecule has 4 rings (SSSR count). The van der Waals surface area contributed by atoms with Gasteiger partial charge in [0.2, 0.25) is 18.6 Å². The van der Waals surface area contributed by atoms with Crippen molar-refractivity contribution in [2.24, 2.45) is 0 Å². The van der Waals surface area contributed by atoms with Crippen molar-refractivity contribution in [2.45, 2.75) is 24.8 Å². The number of carbonyl (C=O) groups excluding carboxylic acids is 1. The van der Waals surface area contributed by atoms with Gasteiger partial charge in [0.15, 0.2) is 16.6 Å². The Morgan fingerprint density at radius 1 is 1.30 bits per heavy atom. The van der Waals surface area contributed by atoms with Crippen LogP contribution in [0.25, 0.3) is 11.5 Å². The molecule has 0 N–H and O–H groups in total. The van der Waals surface area contributed by atoms with Gasteiger partial charge in [0.25, 0.3) is 5.22 Å². The first kappa shape index (κ1) is 17.8. The Labute approximate surface area is 163 Å². The summed E-state index contributed by atoms with van der Waals surface area (Å²) in [6.45, 7) is 4.28. The molecule has 0 unspecified atom stereocenters. The molecule has 140 valence electrons. The molecular formula is C17H16N4O4S2. The maximum atomic E-state index is 11.6. The number of fused-ring (bicyclic) bond motifs is 1. The molecule has 2 aromatic heterocycles. The second-order valence-electron chi connectivity index (χ2n) is 5.61. The van der Waals surface area contributed by atoms with Gasteiger partial charge in [-0.1, -0.05) is 11.8 Å². The average Bonchev–Trinajstić information content (AvgIpc) is 3.40. The molecule has 0 bridgehead atoms. The van der Waals surface area contributed by atoms with Crippen LogP contribution >= 0.6 is 23.1 Å². The standard InChI is InChI=1S/C17H16N4O4S2/c1-3-21(10(2)22)16-18-12(7-26-16)8-27-17-20-19-15(25-17)11-4-5-13-14(6-11)24-9-23-13/h4-7H,3,8-9H2,1-2H3. The van der Waals surface area contributed by atoms with E-state index in [2.05, 4.69) is 15.2 Å². The van der Waals surface area contributed by atoms with Crippen molar-refractivity contribution in [3.8, 4) is 23.0 Å². The molecule has 3 aromatic rings. The summed E-state index contributed by atoms with van der Waals surface area (Å²) in [5, 5.41) is 11.3. The first-order valence-electron chi connectivity index (χ1n) is 8.23. The van der Waals surface area contributed by atoms with Gasteiger partial charge in [-0.3, -0.25) is 9.69 Å². The lowest BCUT2D eigenvalue weighted by Gasteiger charge is -2.14. The molecule has 1 aliphatic rings. The van der Waals surface area contributed by atoms with Crippen molar-refractivity contribution in [3.63, 3.8) is 0 Å². The smallest absolute Gasteiger partial charge is 0.277 e. The molecule has 27 heavy (non-hydrogen) atoms. The number of rotatable bonds is 6. The van der Waals surface area contributed by atoms with Crippen LogP contribution in [0.5, 0.6) is 11.5 Å². The zero-order valence-electron chi connectivity index (χ0n) is 14.7. The van der Waals surface area contributed by atoms with Crippen LogP contribution in [-0.2, 0) is 10.5 Å². The highest BCUT2D eigenvalue weighted by Crippen LogP contribution is 2.36. The molecular weight excluding hydrogens is 388 g/mol. The molecule has 0 spiro atoms. The first-order valence-corrected chi connectivity index (χ1v) is 10.1. The Balaban J connectivity index is 1.42. The van der Waals surface area contributed by atoms with Crippen LogP contribution in [0, 0.1) is 0 Å². The summed E-state index contributed by atoms with van der Waals surface area (Å²) in [7, 11) is 0. The third-order valence-corrected chi connectivity index (χ3v) is 5.60. The highest BCUT2D eigenvalue weighted by Gasteiger charge is 2.18. The fraction of sp³-hybridized carbons (Fsp3) is 0.294. The van der Waals surface area contributed by atoms with Crippen molar-refractivity contribution in [1.82, 2.24) is 15.2 Å². The van der Waals surface area contributed by atoms with E-state index in [0.717, 1.165) is 11.3 Å². The van der Waals surface area contributed by atoms with Gasteiger partial charge >= 0.3 is 0 Å². The molecule has 8 nitrogen and oxygen atoms in total. The third kappa shape index (κ3) is 3.76. The van der Waals surface area contributed by atoms with E-state index in [9.17, 15) is 4.79 Å². The normalized spacial score (nSPS) is 12.4. The van der Waals surface area contributed by atoms with E-state index in [0.29, 0.717) is 40.0 Å². The van der Waals surface area contributed by atoms with E-state index in [-0.39, 0.29) is 12.7 Å². The Hall–Kier alpha value is -2.59. The topological polar surface area (TPSA) is 90.6 Å². The van der Waals surface area contributed by atoms with Gasteiger partial charge in [-0.05, 0) is 25.1 Å². The molecule has 0 saturated heterocycles. The number of amides is 1. The number of carbonyl (C=O) groups is 1. The summed E-state index contributed by atoms with van der Waals surface area (Å²) < 4.78 is 16.4. The van der Waals surface area contributed by atoms with Gasteiger partial charge in [-0.25, -0.2) is 4.98 Å². The van der Waals surface area contributed by atoms with Gasteiger partial charge in [-0.2, -0.15) is 0 Å². The van der Waals surface area contributed by atoms with Crippen molar-refractivity contribution in [2.75, 3.05) is 18.2 Å². The molecule has 3 heterocycles. The summed E-state index contributed by atoms with van der Waals surface area (Å²) in [6.07, 6.45) is 0. The molecule has 0 aliphatic carbocycles. The van der Waals surface area contributed by atoms with Crippen LogP contribution in [0.1, 0.15) is 19.5 Å². The zero-order valence-corrected chi connectivity index (χ0v) is 16.3. The second kappa shape index (κ2) is 7.57. The molecule has 1 aliphatic heterocycles. The van der Waals surface area contributed by atoms with Crippen LogP contribution in [0.2, 0.25) is 0 Å². The predicted octanol–water partition coefficient (Wildman–Crippen LogP) is 3.59. The average molecular weight is 404 g/mol. The van der Waals surface area contributed by atoms with Crippen molar-refractivity contribution in [3.05, 3.63) is 29.3 Å². The number of thiazole rings is 1. The minimum absolute atomic E-state index is 0.0173. The molecule has 0 atom stereocenters. The van der Waals surface area contributed by atoms with Gasteiger partial charge in [0.05, 0.1) is 5.69 Å². The molecule has 0 saturated carbocycles. The molecule has 0 fully saturated rings. The fourth-order valence-corrected chi connectivity index (χ4v) is 4.22. The SMILES string of the molecule is CCN(C(C)=O)c1nc(CSc2nnc(-c3ccc4c(c3)OCO4)o2)cs1. The van der Waals surface area contributed by atoms with Crippen molar-refractivity contribution >= 4 is 34.1 Å². The van der Waals surface area contributed by atoms with Crippen molar-refractivity contribution in [1.29, 1.82) is 0 Å². The number of ether oxygens (including phenoxy) is 2. The van der Waals surface area contributed by atoms with E-state index in [1.165, 1.54) is 30.0 Å². The quantitative estimate of drug-likeness (QED) is 0.576. The third-order valence-electron chi connectivity index (χ3n) is 3.84. The van der Waals surface area contributed by atoms with Crippen LogP contribution in [0.4, 0.5) is 5.13 Å². The number of thioether (sulfide) groups is 1. The minimum atomic E-state index is -0.0173. The van der Waals surface area contributed by atoms with E-state index in [1.54, 1.807) is 4.90 Å². The van der Waals surface area contributed by atoms with Crippen LogP contribution in [0.3, 0.4) is 0 Å². The van der Waals surface area contributed by atoms with Gasteiger partial charge in [0, 0.05) is 30.2 Å². The highest BCUT2D eigenvalue weighted by atomic mass is 32.2. The maximum Gasteiger partial charge on any atom is 0.277 e. The van der Waals surface area contributed by atoms with E-state index in [4.69, 9.17) is 13.9 Å². The van der Waals surface area contributed by atoms with Crippen LogP contribution in [-0.4, -0.2) is 34.4 Å². The van der Waals surface area contributed by atoms with E-state index < -0.39 is 0 Å². The Bertz CT molecular complexity index is 972. The summed E-state index contributed by atoms with van der Waals surface area (Å²) in [5.74, 6) is 2.36. The summed E-state index contributed by atoms with van der Waals surface area (Å²) in [5.41, 5.74) is 1.64. The van der Waals surface area contributed by atoms with Crippen LogP contribution < -0.4 is 14.4 Å². The van der Waals surface area contributed by atoms with E-state index in [1.807, 2.05) is 30.5 Å². The lowest BCUT2D eigenvalue weighted by Crippen LogP contribution is -2.27. The number of hydrogen-bond acceptors (Lipinski definition) is 9. The summed E-state index contributed by atoms with van der Waals surface area (Å²) in [4.78, 5) is 17.8. The molecule has 10 heteroatoms. The Morgan fingerprint density at radius 2 is 2.15 bits per heavy atom. The lowest BCUT2D eigenvalue weighted by atomic mass is 10.2. The number of anilines is 1. The second-order valence-corrected chi connectivity index (χ2v) is 7.38.